The number of thioether (sulfide) groups is 1. The van der Waals surface area contributed by atoms with Gasteiger partial charge in [0.25, 0.3) is 0 Å². The molecule has 5 nitrogen and oxygen atoms in total. The Labute approximate surface area is 126 Å². The second kappa shape index (κ2) is 7.28. The number of nitrogens with one attached hydrogen (secondary N) is 2. The Morgan fingerprint density at radius 1 is 1.40 bits per heavy atom. The number of rotatable bonds is 8. The molecule has 0 fully saturated rings. The van der Waals surface area contributed by atoms with Gasteiger partial charge in [-0.05, 0) is 38.7 Å². The van der Waals surface area contributed by atoms with Crippen molar-refractivity contribution < 1.29 is 8.42 Å². The average molecular weight is 317 g/mol. The molecule has 0 aliphatic carbocycles. The molecular formula is C13H23N3O2S2. The second-order valence-corrected chi connectivity index (χ2v) is 8.31. The molecule has 0 bridgehead atoms. The quantitative estimate of drug-likeness (QED) is 0.770. The van der Waals surface area contributed by atoms with Gasteiger partial charge in [0.1, 0.15) is 10.7 Å². The number of aromatic nitrogens is 1. The third-order valence-corrected chi connectivity index (χ3v) is 5.53. The van der Waals surface area contributed by atoms with E-state index < -0.39 is 10.0 Å². The molecule has 0 aliphatic rings. The second-order valence-electron chi connectivity index (χ2n) is 5.07. The lowest BCUT2D eigenvalue weighted by atomic mass is 10.2. The van der Waals surface area contributed by atoms with E-state index in [1.54, 1.807) is 30.1 Å². The molecule has 2 N–H and O–H groups in total. The molecule has 0 amide bonds. The molecule has 0 aromatic carbocycles. The Hall–Kier alpha value is -0.790. The summed E-state index contributed by atoms with van der Waals surface area (Å²) in [7, 11) is -3.55. The van der Waals surface area contributed by atoms with E-state index >= 15 is 0 Å². The van der Waals surface area contributed by atoms with Crippen LogP contribution >= 0.6 is 11.8 Å². The highest BCUT2D eigenvalue weighted by Crippen LogP contribution is 2.22. The van der Waals surface area contributed by atoms with Crippen LogP contribution in [0.1, 0.15) is 27.2 Å². The lowest BCUT2D eigenvalue weighted by molar-refractivity contribution is 0.570. The molecule has 0 saturated carbocycles. The summed E-state index contributed by atoms with van der Waals surface area (Å²) in [6.45, 7) is 7.08. The summed E-state index contributed by atoms with van der Waals surface area (Å²) >= 11 is 1.62. The lowest BCUT2D eigenvalue weighted by Gasteiger charge is -2.22. The van der Waals surface area contributed by atoms with E-state index in [1.165, 1.54) is 0 Å². The van der Waals surface area contributed by atoms with Gasteiger partial charge in [-0.1, -0.05) is 6.92 Å². The van der Waals surface area contributed by atoms with Crippen LogP contribution in [0.25, 0.3) is 0 Å². The molecular weight excluding hydrogens is 294 g/mol. The van der Waals surface area contributed by atoms with Crippen molar-refractivity contribution in [3.8, 4) is 0 Å². The fourth-order valence-corrected chi connectivity index (χ4v) is 3.05. The van der Waals surface area contributed by atoms with Crippen molar-refractivity contribution in [3.05, 3.63) is 18.3 Å². The first-order valence-electron chi connectivity index (χ1n) is 6.56. The molecule has 0 spiro atoms. The average Bonchev–Trinajstić information content (AvgIpc) is 2.43. The molecule has 1 heterocycles. The summed E-state index contributed by atoms with van der Waals surface area (Å²) in [5, 5.41) is 3.04. The minimum absolute atomic E-state index is 0.147. The highest BCUT2D eigenvalue weighted by molar-refractivity contribution is 8.00. The number of hydrogen-bond donors (Lipinski definition) is 2. The Morgan fingerprint density at radius 2 is 2.10 bits per heavy atom. The first-order valence-corrected chi connectivity index (χ1v) is 9.27. The Balaban J connectivity index is 2.92. The predicted molar refractivity (Wildman–Crippen MR) is 85.8 cm³/mol. The van der Waals surface area contributed by atoms with E-state index in [1.807, 2.05) is 27.0 Å². The molecule has 1 rings (SSSR count). The standard InChI is InChI=1S/C13H23N3O2S2/c1-5-8-14-12-11(7-6-9-15-12)20(17,18)16-10-13(2,3)19-4/h6-7,9,16H,5,8,10H2,1-4H3,(H,14,15). The predicted octanol–water partition coefficient (Wildman–Crippen LogP) is 2.32. The minimum atomic E-state index is -3.55. The zero-order valence-corrected chi connectivity index (χ0v) is 14.1. The number of anilines is 1. The summed E-state index contributed by atoms with van der Waals surface area (Å²) < 4.78 is 27.3. The van der Waals surface area contributed by atoms with Gasteiger partial charge in [0, 0.05) is 24.0 Å². The van der Waals surface area contributed by atoms with Gasteiger partial charge in [-0.2, -0.15) is 11.8 Å². The van der Waals surface area contributed by atoms with Crippen LogP contribution in [0.4, 0.5) is 5.82 Å². The van der Waals surface area contributed by atoms with Crippen molar-refractivity contribution in [2.24, 2.45) is 0 Å². The van der Waals surface area contributed by atoms with Crippen molar-refractivity contribution >= 4 is 27.6 Å². The minimum Gasteiger partial charge on any atom is -0.369 e. The fraction of sp³-hybridized carbons (Fsp3) is 0.615. The first kappa shape index (κ1) is 17.3. The summed E-state index contributed by atoms with van der Waals surface area (Å²) in [4.78, 5) is 4.31. The molecule has 7 heteroatoms. The van der Waals surface area contributed by atoms with E-state index in [0.717, 1.165) is 6.42 Å². The van der Waals surface area contributed by atoms with Crippen LogP contribution in [0, 0.1) is 0 Å². The first-order chi connectivity index (χ1) is 9.32. The topological polar surface area (TPSA) is 71.1 Å². The summed E-state index contributed by atoms with van der Waals surface area (Å²) in [5.74, 6) is 0.406. The highest BCUT2D eigenvalue weighted by Gasteiger charge is 2.23. The molecule has 0 aliphatic heterocycles. The van der Waals surface area contributed by atoms with Crippen LogP contribution in [-0.4, -0.2) is 37.5 Å². The molecule has 0 unspecified atom stereocenters. The Bertz CT molecular complexity index is 530. The summed E-state index contributed by atoms with van der Waals surface area (Å²) in [6.07, 6.45) is 4.46. The molecule has 114 valence electrons. The number of sulfonamides is 1. The van der Waals surface area contributed by atoms with E-state index in [0.29, 0.717) is 18.9 Å². The molecule has 0 atom stereocenters. The van der Waals surface area contributed by atoms with Gasteiger partial charge in [-0.15, -0.1) is 0 Å². The maximum Gasteiger partial charge on any atom is 0.244 e. The zero-order valence-electron chi connectivity index (χ0n) is 12.4. The smallest absolute Gasteiger partial charge is 0.244 e. The van der Waals surface area contributed by atoms with Gasteiger partial charge in [-0.3, -0.25) is 0 Å². The van der Waals surface area contributed by atoms with E-state index in [4.69, 9.17) is 0 Å². The van der Waals surface area contributed by atoms with Crippen molar-refractivity contribution in [1.82, 2.24) is 9.71 Å². The third kappa shape index (κ3) is 4.96. The number of nitrogens with zero attached hydrogens (tertiary/aromatic N) is 1. The van der Waals surface area contributed by atoms with E-state index in [-0.39, 0.29) is 9.64 Å². The van der Waals surface area contributed by atoms with Crippen LogP contribution in [-0.2, 0) is 10.0 Å². The van der Waals surface area contributed by atoms with Gasteiger partial charge < -0.3 is 5.32 Å². The zero-order chi connectivity index (χ0) is 15.2. The molecule has 0 saturated heterocycles. The molecule has 0 radical (unpaired) electrons. The highest BCUT2D eigenvalue weighted by atomic mass is 32.2. The largest absolute Gasteiger partial charge is 0.369 e. The van der Waals surface area contributed by atoms with Crippen LogP contribution in [0.15, 0.2) is 23.2 Å². The van der Waals surface area contributed by atoms with Crippen LogP contribution in [0.5, 0.6) is 0 Å². The monoisotopic (exact) mass is 317 g/mol. The Kier molecular flexibility index (Phi) is 6.29. The molecule has 1 aromatic rings. The van der Waals surface area contributed by atoms with Gasteiger partial charge in [0.15, 0.2) is 0 Å². The molecule has 1 aromatic heterocycles. The van der Waals surface area contributed by atoms with Crippen LogP contribution in [0.3, 0.4) is 0 Å². The summed E-state index contributed by atoms with van der Waals surface area (Å²) in [5.41, 5.74) is 0. The third-order valence-electron chi connectivity index (χ3n) is 2.84. The normalized spacial score (nSPS) is 12.4. The van der Waals surface area contributed by atoms with E-state index in [9.17, 15) is 8.42 Å². The lowest BCUT2D eigenvalue weighted by Crippen LogP contribution is -2.36. The fourth-order valence-electron chi connectivity index (χ4n) is 1.40. The maximum atomic E-state index is 12.4. The van der Waals surface area contributed by atoms with Gasteiger partial charge >= 0.3 is 0 Å². The Morgan fingerprint density at radius 3 is 2.70 bits per heavy atom. The van der Waals surface area contributed by atoms with Gasteiger partial charge in [0.05, 0.1) is 0 Å². The van der Waals surface area contributed by atoms with Gasteiger partial charge in [0.2, 0.25) is 10.0 Å². The van der Waals surface area contributed by atoms with Crippen LogP contribution in [0.2, 0.25) is 0 Å². The van der Waals surface area contributed by atoms with Crippen molar-refractivity contribution in [1.29, 1.82) is 0 Å². The molecule has 20 heavy (non-hydrogen) atoms. The maximum absolute atomic E-state index is 12.4. The van der Waals surface area contributed by atoms with Crippen LogP contribution < -0.4 is 10.0 Å². The number of pyridine rings is 1. The SMILES string of the molecule is CCCNc1ncccc1S(=O)(=O)NCC(C)(C)SC. The van der Waals surface area contributed by atoms with Crippen molar-refractivity contribution in [3.63, 3.8) is 0 Å². The van der Waals surface area contributed by atoms with E-state index in [2.05, 4.69) is 15.0 Å². The number of hydrogen-bond acceptors (Lipinski definition) is 5. The van der Waals surface area contributed by atoms with Crippen molar-refractivity contribution in [2.75, 3.05) is 24.7 Å². The van der Waals surface area contributed by atoms with Crippen molar-refractivity contribution in [2.45, 2.75) is 36.8 Å². The van der Waals surface area contributed by atoms with Gasteiger partial charge in [-0.25, -0.2) is 18.1 Å². The summed E-state index contributed by atoms with van der Waals surface area (Å²) in [6, 6.07) is 3.20.